The van der Waals surface area contributed by atoms with Crippen molar-refractivity contribution >= 4 is 38.0 Å². The number of fused-ring (bicyclic) bond motifs is 1. The predicted octanol–water partition coefficient (Wildman–Crippen LogP) is 2.95. The number of hydrogen-bond donors (Lipinski definition) is 2. The lowest BCUT2D eigenvalue weighted by atomic mass is 10.0. The van der Waals surface area contributed by atoms with Crippen molar-refractivity contribution in [1.82, 2.24) is 4.90 Å². The van der Waals surface area contributed by atoms with Gasteiger partial charge in [0.25, 0.3) is 5.91 Å². The minimum Gasteiger partial charge on any atom is -0.365 e. The van der Waals surface area contributed by atoms with Gasteiger partial charge in [0.2, 0.25) is 5.91 Å². The predicted molar refractivity (Wildman–Crippen MR) is 118 cm³/mol. The first-order valence-electron chi connectivity index (χ1n) is 10.2. The number of sulfone groups is 1. The fraction of sp³-hybridized carbons (Fsp3) is 0.429. The minimum atomic E-state index is -3.60. The summed E-state index contributed by atoms with van der Waals surface area (Å²) in [5.41, 5.74) is 6.85. The Kier molecular flexibility index (Phi) is 7.45. The number of nitrogens with two attached hydrogens (primary N) is 1. The van der Waals surface area contributed by atoms with E-state index in [1.54, 1.807) is 0 Å². The highest BCUT2D eigenvalue weighted by Gasteiger charge is 2.27. The zero-order chi connectivity index (χ0) is 22.6. The maximum atomic E-state index is 13.0. The maximum absolute atomic E-state index is 13.0. The van der Waals surface area contributed by atoms with Gasteiger partial charge in [0.1, 0.15) is 10.8 Å². The summed E-state index contributed by atoms with van der Waals surface area (Å²) < 4.78 is 37.6. The highest BCUT2D eigenvalue weighted by atomic mass is 32.2. The molecule has 0 saturated heterocycles. The number of hydrogen-bond acceptors (Lipinski definition) is 6. The first-order valence-corrected chi connectivity index (χ1v) is 12.6. The van der Waals surface area contributed by atoms with Crippen LogP contribution in [0.2, 0.25) is 0 Å². The maximum Gasteiger partial charge on any atom is 0.251 e. The number of carbonyl (C=O) groups excluding carboxylic acids is 2. The van der Waals surface area contributed by atoms with Crippen molar-refractivity contribution in [3.8, 4) is 0 Å². The van der Waals surface area contributed by atoms with Crippen LogP contribution in [-0.4, -0.2) is 44.0 Å². The molecule has 10 heteroatoms. The number of nitrogens with one attached hydrogen (secondary N) is 1. The second kappa shape index (κ2) is 9.88. The molecule has 0 atom stereocenters. The van der Waals surface area contributed by atoms with Gasteiger partial charge in [-0.3, -0.25) is 14.5 Å². The molecule has 3 rings (SSSR count). The molecular weight excluding hydrogens is 441 g/mol. The molecule has 1 aromatic heterocycles. The summed E-state index contributed by atoms with van der Waals surface area (Å²) in [5, 5.41) is 3.18. The van der Waals surface area contributed by atoms with E-state index in [1.807, 2.05) is 0 Å². The zero-order valence-corrected chi connectivity index (χ0v) is 19.0. The van der Waals surface area contributed by atoms with Gasteiger partial charge in [-0.25, -0.2) is 12.8 Å². The van der Waals surface area contributed by atoms with Gasteiger partial charge in [-0.05, 0) is 55.6 Å². The first-order chi connectivity index (χ1) is 14.7. The first kappa shape index (κ1) is 23.4. The van der Waals surface area contributed by atoms with Crippen LogP contribution in [-0.2, 0) is 27.6 Å². The largest absolute Gasteiger partial charge is 0.365 e. The van der Waals surface area contributed by atoms with Crippen molar-refractivity contribution in [3.63, 3.8) is 0 Å². The van der Waals surface area contributed by atoms with E-state index in [2.05, 4.69) is 17.1 Å². The fourth-order valence-electron chi connectivity index (χ4n) is 3.68. The Labute approximate surface area is 185 Å². The van der Waals surface area contributed by atoms with Crippen LogP contribution in [0.4, 0.5) is 9.39 Å². The second-order valence-corrected chi connectivity index (χ2v) is 10.7. The normalized spacial score (nSPS) is 14.3. The molecular formula is C21H26FN3O4S2. The van der Waals surface area contributed by atoms with Crippen LogP contribution in [0.15, 0.2) is 29.2 Å². The number of nitrogens with zero attached hydrogens (tertiary/aromatic N) is 1. The number of thiophene rings is 1. The lowest BCUT2D eigenvalue weighted by Gasteiger charge is -2.26. The minimum absolute atomic E-state index is 0.0212. The van der Waals surface area contributed by atoms with E-state index in [9.17, 15) is 22.4 Å². The van der Waals surface area contributed by atoms with Crippen LogP contribution in [0.3, 0.4) is 0 Å². The molecule has 2 heterocycles. The molecule has 0 saturated carbocycles. The van der Waals surface area contributed by atoms with Gasteiger partial charge in [0.15, 0.2) is 9.84 Å². The number of benzene rings is 1. The summed E-state index contributed by atoms with van der Waals surface area (Å²) in [6.45, 7) is 4.64. The molecule has 0 aliphatic carbocycles. The number of carbonyl (C=O) groups is 2. The summed E-state index contributed by atoms with van der Waals surface area (Å²) in [7, 11) is -3.60. The summed E-state index contributed by atoms with van der Waals surface area (Å²) in [6, 6.07) is 4.60. The molecule has 0 radical (unpaired) electrons. The molecule has 31 heavy (non-hydrogen) atoms. The van der Waals surface area contributed by atoms with Crippen LogP contribution in [0.5, 0.6) is 0 Å². The third-order valence-corrected chi connectivity index (χ3v) is 8.11. The molecule has 0 bridgehead atoms. The molecule has 2 amide bonds. The summed E-state index contributed by atoms with van der Waals surface area (Å²) in [6.07, 6.45) is 1.82. The third-order valence-electron chi connectivity index (χ3n) is 5.16. The van der Waals surface area contributed by atoms with E-state index in [1.165, 1.54) is 23.5 Å². The Morgan fingerprint density at radius 2 is 1.97 bits per heavy atom. The fourth-order valence-corrected chi connectivity index (χ4v) is 6.31. The van der Waals surface area contributed by atoms with E-state index in [0.717, 1.165) is 48.6 Å². The lowest BCUT2D eigenvalue weighted by molar-refractivity contribution is -0.116. The number of primary amides is 1. The van der Waals surface area contributed by atoms with Gasteiger partial charge in [0.05, 0.1) is 16.2 Å². The van der Waals surface area contributed by atoms with Gasteiger partial charge >= 0.3 is 0 Å². The monoisotopic (exact) mass is 467 g/mol. The van der Waals surface area contributed by atoms with E-state index < -0.39 is 21.6 Å². The quantitative estimate of drug-likeness (QED) is 0.551. The van der Waals surface area contributed by atoms with Crippen LogP contribution >= 0.6 is 11.3 Å². The van der Waals surface area contributed by atoms with Crippen LogP contribution < -0.4 is 11.1 Å². The topological polar surface area (TPSA) is 110 Å². The molecule has 0 spiro atoms. The molecule has 3 N–H and O–H groups in total. The molecule has 1 aromatic carbocycles. The number of amides is 2. The number of anilines is 1. The Morgan fingerprint density at radius 3 is 2.61 bits per heavy atom. The van der Waals surface area contributed by atoms with Gasteiger partial charge in [-0.2, -0.15) is 0 Å². The zero-order valence-electron chi connectivity index (χ0n) is 17.3. The Balaban J connectivity index is 1.63. The molecule has 1 aliphatic heterocycles. The average Bonchev–Trinajstić information content (AvgIpc) is 3.05. The lowest BCUT2D eigenvalue weighted by Crippen LogP contribution is -2.31. The molecule has 7 nitrogen and oxygen atoms in total. The van der Waals surface area contributed by atoms with Gasteiger partial charge in [-0.1, -0.05) is 6.92 Å². The molecule has 0 unspecified atom stereocenters. The van der Waals surface area contributed by atoms with Crippen molar-refractivity contribution in [3.05, 3.63) is 46.1 Å². The Bertz CT molecular complexity index is 1070. The number of rotatable bonds is 9. The van der Waals surface area contributed by atoms with Crippen molar-refractivity contribution in [2.45, 2.75) is 44.0 Å². The second-order valence-electron chi connectivity index (χ2n) is 7.52. The third kappa shape index (κ3) is 5.69. The van der Waals surface area contributed by atoms with Crippen molar-refractivity contribution in [2.75, 3.05) is 24.2 Å². The summed E-state index contributed by atoms with van der Waals surface area (Å²) in [5.74, 6) is -1.70. The van der Waals surface area contributed by atoms with Crippen molar-refractivity contribution < 1.29 is 22.4 Å². The van der Waals surface area contributed by atoms with Gasteiger partial charge < -0.3 is 11.1 Å². The molecule has 0 fully saturated rings. The van der Waals surface area contributed by atoms with Crippen LogP contribution in [0.25, 0.3) is 0 Å². The van der Waals surface area contributed by atoms with Gasteiger partial charge in [-0.15, -0.1) is 11.3 Å². The van der Waals surface area contributed by atoms with E-state index >= 15 is 0 Å². The summed E-state index contributed by atoms with van der Waals surface area (Å²) >= 11 is 1.36. The summed E-state index contributed by atoms with van der Waals surface area (Å²) in [4.78, 5) is 27.8. The molecule has 1 aliphatic rings. The highest BCUT2D eigenvalue weighted by molar-refractivity contribution is 7.91. The molecule has 168 valence electrons. The SMILES string of the molecule is CCCN1CCc2c(sc(NC(=O)CCCS(=O)(=O)c3ccc(F)cc3)c2C(N)=O)C1. The van der Waals surface area contributed by atoms with E-state index in [-0.39, 0.29) is 29.4 Å². The van der Waals surface area contributed by atoms with E-state index in [0.29, 0.717) is 17.0 Å². The van der Waals surface area contributed by atoms with E-state index in [4.69, 9.17) is 5.73 Å². The number of halogens is 1. The van der Waals surface area contributed by atoms with Crippen molar-refractivity contribution in [2.24, 2.45) is 5.73 Å². The Morgan fingerprint density at radius 1 is 1.26 bits per heavy atom. The smallest absolute Gasteiger partial charge is 0.251 e. The highest BCUT2D eigenvalue weighted by Crippen LogP contribution is 2.37. The van der Waals surface area contributed by atoms with Gasteiger partial charge in [0, 0.05) is 24.4 Å². The van der Waals surface area contributed by atoms with Crippen molar-refractivity contribution in [1.29, 1.82) is 0 Å². The van der Waals surface area contributed by atoms with Crippen LogP contribution in [0.1, 0.15) is 47.0 Å². The van der Waals surface area contributed by atoms with Crippen LogP contribution in [0, 0.1) is 5.82 Å². The molecule has 2 aromatic rings. The Hall–Kier alpha value is -2.30. The standard InChI is InChI=1S/C21H26FN3O4S2/c1-2-10-25-11-9-16-17(13-25)30-21(19(16)20(23)27)24-18(26)4-3-12-31(28,29)15-7-5-14(22)6-8-15/h5-8H,2-4,9-13H2,1H3,(H2,23,27)(H,24,26). The average molecular weight is 468 g/mol.